The molecule has 0 fully saturated rings. The molecule has 0 aliphatic carbocycles. The van der Waals surface area contributed by atoms with Crippen molar-refractivity contribution in [2.24, 2.45) is 5.41 Å². The minimum absolute atomic E-state index is 0.149. The maximum atomic E-state index is 7.01. The van der Waals surface area contributed by atoms with Crippen molar-refractivity contribution in [1.29, 1.82) is 0 Å². The van der Waals surface area contributed by atoms with Gasteiger partial charge >= 0.3 is 0 Å². The third-order valence-corrected chi connectivity index (χ3v) is 14.0. The summed E-state index contributed by atoms with van der Waals surface area (Å²) in [4.78, 5) is 9.81. The van der Waals surface area contributed by atoms with E-state index in [1.165, 1.54) is 55.7 Å². The van der Waals surface area contributed by atoms with E-state index in [1.807, 2.05) is 12.3 Å². The molecule has 7 aromatic carbocycles. The van der Waals surface area contributed by atoms with Crippen molar-refractivity contribution in [3.63, 3.8) is 0 Å². The molecule has 334 valence electrons. The number of allylic oxidation sites excluding steroid dienone is 1. The predicted octanol–water partition coefficient (Wildman–Crippen LogP) is 16.1. The van der Waals surface area contributed by atoms with Crippen LogP contribution < -0.4 is 14.5 Å². The Hall–Kier alpha value is -7.37. The van der Waals surface area contributed by atoms with Crippen LogP contribution in [0.25, 0.3) is 38.8 Å². The number of pyridine rings is 1. The first kappa shape index (κ1) is 43.5. The van der Waals surface area contributed by atoms with Gasteiger partial charge in [0.15, 0.2) is 0 Å². The number of aryl methyl sites for hydroxylation is 2. The van der Waals surface area contributed by atoms with E-state index in [2.05, 4.69) is 253 Å². The summed E-state index contributed by atoms with van der Waals surface area (Å²) in [6, 6.07) is 63.5. The van der Waals surface area contributed by atoms with E-state index in [4.69, 9.17) is 9.72 Å². The van der Waals surface area contributed by atoms with Crippen LogP contribution >= 0.6 is 0 Å². The minimum atomic E-state index is -0.229. The Bertz CT molecular complexity index is 3170. The molecule has 5 nitrogen and oxygen atoms in total. The Balaban J connectivity index is 1.05. The van der Waals surface area contributed by atoms with Crippen LogP contribution in [0, 0.1) is 19.3 Å². The molecule has 0 saturated heterocycles. The predicted molar refractivity (Wildman–Crippen MR) is 281 cm³/mol. The first-order valence-corrected chi connectivity index (χ1v) is 23.5. The molecule has 0 radical (unpaired) electrons. The lowest BCUT2D eigenvalue weighted by molar-refractivity contribution is 0.480. The molecule has 0 spiro atoms. The topological polar surface area (TPSA) is 33.5 Å². The maximum absolute atomic E-state index is 7.01. The maximum Gasteiger partial charge on any atom is 0.145 e. The molecule has 0 saturated carbocycles. The van der Waals surface area contributed by atoms with Crippen LogP contribution in [-0.2, 0) is 10.8 Å². The molecule has 1 aliphatic heterocycles. The molecule has 0 unspecified atom stereocenters. The average Bonchev–Trinajstić information content (AvgIpc) is 3.94. The quantitative estimate of drug-likeness (QED) is 0.137. The number of anilines is 2. The number of hydrogen-bond donors (Lipinski definition) is 0. The lowest BCUT2D eigenvalue weighted by atomic mass is 9.73. The fourth-order valence-corrected chi connectivity index (χ4v) is 10.1. The van der Waals surface area contributed by atoms with Gasteiger partial charge in [0.05, 0.1) is 17.9 Å². The number of nitrogens with zero attached hydrogens (tertiary/aromatic N) is 4. The molecule has 0 bridgehead atoms. The second kappa shape index (κ2) is 16.8. The van der Waals surface area contributed by atoms with E-state index in [0.29, 0.717) is 6.67 Å². The highest BCUT2D eigenvalue weighted by Crippen LogP contribution is 2.44. The van der Waals surface area contributed by atoms with Gasteiger partial charge in [0, 0.05) is 68.6 Å². The Morgan fingerprint density at radius 3 is 1.75 bits per heavy atom. The van der Waals surface area contributed by atoms with Gasteiger partial charge in [-0.15, -0.1) is 0 Å². The largest absolute Gasteiger partial charge is 0.457 e. The van der Waals surface area contributed by atoms with Gasteiger partial charge in [0.25, 0.3) is 0 Å². The van der Waals surface area contributed by atoms with E-state index < -0.39 is 0 Å². The molecular formula is C62H60N4O. The van der Waals surface area contributed by atoms with Crippen LogP contribution in [0.4, 0.5) is 11.4 Å². The number of benzene rings is 7. The summed E-state index contributed by atoms with van der Waals surface area (Å²) >= 11 is 0. The van der Waals surface area contributed by atoms with Gasteiger partial charge < -0.3 is 14.5 Å². The molecule has 10 rings (SSSR count). The van der Waals surface area contributed by atoms with Crippen LogP contribution in [0.2, 0.25) is 0 Å². The van der Waals surface area contributed by atoms with Gasteiger partial charge in [-0.25, -0.2) is 4.98 Å². The van der Waals surface area contributed by atoms with Crippen LogP contribution in [0.5, 0.6) is 11.5 Å². The van der Waals surface area contributed by atoms with E-state index >= 15 is 0 Å². The molecule has 0 N–H and O–H groups in total. The second-order valence-corrected chi connectivity index (χ2v) is 20.4. The van der Waals surface area contributed by atoms with Gasteiger partial charge in [0.2, 0.25) is 0 Å². The fourth-order valence-electron chi connectivity index (χ4n) is 10.1. The molecule has 1 aliphatic rings. The number of fused-ring (bicyclic) bond motifs is 3. The lowest BCUT2D eigenvalue weighted by Gasteiger charge is -2.33. The average molecular weight is 877 g/mol. The molecule has 5 heteroatoms. The summed E-state index contributed by atoms with van der Waals surface area (Å²) in [6.07, 6.45) is 4.24. The van der Waals surface area contributed by atoms with E-state index in [-0.39, 0.29) is 16.2 Å². The van der Waals surface area contributed by atoms with Gasteiger partial charge in [-0.2, -0.15) is 0 Å². The van der Waals surface area contributed by atoms with Crippen molar-refractivity contribution < 1.29 is 4.74 Å². The third kappa shape index (κ3) is 8.07. The monoisotopic (exact) mass is 876 g/mol. The Labute approximate surface area is 396 Å². The van der Waals surface area contributed by atoms with E-state index in [0.717, 1.165) is 45.0 Å². The van der Waals surface area contributed by atoms with Gasteiger partial charge in [-0.3, -0.25) is 4.57 Å². The highest BCUT2D eigenvalue weighted by Gasteiger charge is 2.34. The molecule has 3 heterocycles. The lowest BCUT2D eigenvalue weighted by Crippen LogP contribution is -2.31. The van der Waals surface area contributed by atoms with Crippen molar-refractivity contribution >= 4 is 33.3 Å². The SMILES string of the molecule is Cc1cccc(C)c1-c1cc(Oc2cccc(N3CN(c4cc(C(C)(C)c5ccccc5)cc(C(C)(C)c5ccccc5)c4)C=C3C(C)(C)C)c2)cc(-n2c3ccccc3c3cccnc32)c1. The van der Waals surface area contributed by atoms with Crippen molar-refractivity contribution in [1.82, 2.24) is 9.55 Å². The van der Waals surface area contributed by atoms with Crippen molar-refractivity contribution in [2.45, 2.75) is 73.1 Å². The highest BCUT2D eigenvalue weighted by atomic mass is 16.5. The molecule has 67 heavy (non-hydrogen) atoms. The first-order valence-electron chi connectivity index (χ1n) is 23.5. The summed E-state index contributed by atoms with van der Waals surface area (Å²) < 4.78 is 9.28. The number of ether oxygens (including phenoxy) is 1. The number of aromatic nitrogens is 2. The van der Waals surface area contributed by atoms with Gasteiger partial charge in [-0.1, -0.05) is 158 Å². The van der Waals surface area contributed by atoms with Crippen molar-refractivity contribution in [2.75, 3.05) is 16.5 Å². The fraction of sp³-hybridized carbons (Fsp3) is 0.210. The zero-order valence-corrected chi connectivity index (χ0v) is 40.3. The minimum Gasteiger partial charge on any atom is -0.457 e. The second-order valence-electron chi connectivity index (χ2n) is 20.4. The molecule has 0 amide bonds. The van der Waals surface area contributed by atoms with Crippen LogP contribution in [0.1, 0.15) is 81.8 Å². The zero-order valence-electron chi connectivity index (χ0n) is 40.3. The van der Waals surface area contributed by atoms with Crippen LogP contribution in [0.15, 0.2) is 194 Å². The highest BCUT2D eigenvalue weighted by molar-refractivity contribution is 6.07. The molecule has 0 atom stereocenters. The summed E-state index contributed by atoms with van der Waals surface area (Å²) in [5, 5.41) is 2.29. The van der Waals surface area contributed by atoms with Gasteiger partial charge in [0.1, 0.15) is 17.1 Å². The standard InChI is InChI=1S/C62H60N4O/c1-42-21-18-22-43(2)58(42)44-33-51(66-56-31-17-16-29-54(56)55-30-20-32-63-59(55)66)39-53(34-44)67-52-28-19-27-49(38-52)65-41-64(40-57(65)60(3,4)5)50-36-47(61(6,7)45-23-12-10-13-24-45)35-48(37-50)62(8,9)46-25-14-11-15-26-46/h10-40H,41H2,1-9H3. The molecular weight excluding hydrogens is 817 g/mol. The Morgan fingerprint density at radius 1 is 0.493 bits per heavy atom. The first-order chi connectivity index (χ1) is 32.2. The summed E-state index contributed by atoms with van der Waals surface area (Å²) in [5.41, 5.74) is 15.8. The Morgan fingerprint density at radius 2 is 1.09 bits per heavy atom. The molecule has 9 aromatic rings. The van der Waals surface area contributed by atoms with Gasteiger partial charge in [-0.05, 0) is 113 Å². The number of hydrogen-bond acceptors (Lipinski definition) is 4. The van der Waals surface area contributed by atoms with E-state index in [9.17, 15) is 0 Å². The summed E-state index contributed by atoms with van der Waals surface area (Å²) in [5.74, 6) is 1.53. The summed E-state index contributed by atoms with van der Waals surface area (Å²) in [6.45, 7) is 21.3. The normalized spacial score (nSPS) is 13.4. The number of rotatable bonds is 10. The van der Waals surface area contributed by atoms with Crippen molar-refractivity contribution in [3.8, 4) is 28.3 Å². The smallest absolute Gasteiger partial charge is 0.145 e. The zero-order chi connectivity index (χ0) is 46.7. The third-order valence-electron chi connectivity index (χ3n) is 14.0. The Kier molecular flexibility index (Phi) is 10.9. The number of para-hydroxylation sites is 1. The van der Waals surface area contributed by atoms with Crippen LogP contribution in [-0.4, -0.2) is 16.2 Å². The van der Waals surface area contributed by atoms with Crippen molar-refractivity contribution in [3.05, 3.63) is 227 Å². The van der Waals surface area contributed by atoms with E-state index in [1.54, 1.807) is 0 Å². The molecule has 2 aromatic heterocycles. The van der Waals surface area contributed by atoms with Crippen LogP contribution in [0.3, 0.4) is 0 Å². The summed E-state index contributed by atoms with van der Waals surface area (Å²) in [7, 11) is 0.